The van der Waals surface area contributed by atoms with Crippen molar-refractivity contribution in [1.29, 1.82) is 0 Å². The lowest BCUT2D eigenvalue weighted by atomic mass is 9.98. The number of halogens is 6. The van der Waals surface area contributed by atoms with Crippen LogP contribution in [0, 0.1) is 0 Å². The molecular weight excluding hydrogens is 385 g/mol. The summed E-state index contributed by atoms with van der Waals surface area (Å²) in [5.74, 6) is -3.61. The molecule has 1 aromatic rings. The Labute approximate surface area is 143 Å². The lowest BCUT2D eigenvalue weighted by Gasteiger charge is -2.30. The van der Waals surface area contributed by atoms with E-state index in [9.17, 15) is 27.9 Å². The molecule has 0 radical (unpaired) electrons. The molecule has 0 saturated heterocycles. The fourth-order valence-corrected chi connectivity index (χ4v) is 2.05. The van der Waals surface area contributed by atoms with Crippen molar-refractivity contribution in [3.8, 4) is 0 Å². The molecule has 0 bridgehead atoms. The molecule has 2 N–H and O–H groups in total. The Bertz CT molecular complexity index is 626. The van der Waals surface area contributed by atoms with Crippen molar-refractivity contribution in [1.82, 2.24) is 0 Å². The van der Waals surface area contributed by atoms with E-state index < -0.39 is 29.0 Å². The van der Waals surface area contributed by atoms with Gasteiger partial charge in [-0.15, -0.1) is 11.6 Å². The van der Waals surface area contributed by atoms with Crippen LogP contribution in [0.3, 0.4) is 0 Å². The van der Waals surface area contributed by atoms with Gasteiger partial charge in [0.15, 0.2) is 5.38 Å². The molecule has 0 heterocycles. The van der Waals surface area contributed by atoms with Gasteiger partial charge < -0.3 is 15.2 Å². The predicted octanol–water partition coefficient (Wildman–Crippen LogP) is 3.01. The number of aliphatic hydroxyl groups is 1. The minimum atomic E-state index is -5.54. The van der Waals surface area contributed by atoms with Crippen LogP contribution in [0.25, 0.3) is 0 Å². The molecule has 128 valence electrons. The number of ether oxygens (including phenoxy) is 1. The molecule has 0 aliphatic rings. The van der Waals surface area contributed by atoms with E-state index in [1.165, 1.54) is 12.1 Å². The molecule has 11 heteroatoms. The quantitative estimate of drug-likeness (QED) is 0.608. The molecule has 0 spiro atoms. The first-order chi connectivity index (χ1) is 10.4. The van der Waals surface area contributed by atoms with Crippen LogP contribution in [0.5, 0.6) is 0 Å². The zero-order valence-electron chi connectivity index (χ0n) is 11.2. The van der Waals surface area contributed by atoms with Crippen LogP contribution in [0.15, 0.2) is 18.2 Å². The summed E-state index contributed by atoms with van der Waals surface area (Å²) in [6.07, 6.45) is -5.54. The van der Waals surface area contributed by atoms with Crippen LogP contribution in [-0.4, -0.2) is 41.2 Å². The number of benzene rings is 1. The monoisotopic (exact) mass is 393 g/mol. The molecule has 2 unspecified atom stereocenters. The van der Waals surface area contributed by atoms with Crippen molar-refractivity contribution in [3.63, 3.8) is 0 Å². The number of carbonyl (C=O) groups is 2. The summed E-state index contributed by atoms with van der Waals surface area (Å²) in [6.45, 7) is 0. The van der Waals surface area contributed by atoms with E-state index in [1.54, 1.807) is 0 Å². The first kappa shape index (κ1) is 19.8. The number of rotatable bonds is 4. The fourth-order valence-electron chi connectivity index (χ4n) is 1.49. The molecule has 0 aliphatic carbocycles. The van der Waals surface area contributed by atoms with Crippen molar-refractivity contribution in [2.75, 3.05) is 12.4 Å². The number of anilines is 1. The summed E-state index contributed by atoms with van der Waals surface area (Å²) in [5, 5.41) is 9.04. The van der Waals surface area contributed by atoms with Gasteiger partial charge in [-0.05, 0) is 18.2 Å². The molecule has 0 fully saturated rings. The summed E-state index contributed by atoms with van der Waals surface area (Å²) in [4.78, 5) is 23.1. The minimum absolute atomic E-state index is 0.0228. The van der Waals surface area contributed by atoms with Gasteiger partial charge in [-0.2, -0.15) is 13.2 Å². The van der Waals surface area contributed by atoms with Crippen molar-refractivity contribution in [3.05, 3.63) is 28.2 Å². The Kier molecular flexibility index (Phi) is 6.14. The van der Waals surface area contributed by atoms with E-state index in [1.807, 2.05) is 5.32 Å². The summed E-state index contributed by atoms with van der Waals surface area (Å²) >= 11 is 16.7. The SMILES string of the molecule is COC(=O)C(O)(C(Cl)C(=O)Nc1ccc(Cl)c(Cl)c1)C(F)(F)F. The van der Waals surface area contributed by atoms with Gasteiger partial charge in [0.1, 0.15) is 0 Å². The summed E-state index contributed by atoms with van der Waals surface area (Å²) < 4.78 is 42.7. The van der Waals surface area contributed by atoms with Crippen LogP contribution >= 0.6 is 34.8 Å². The third kappa shape index (κ3) is 4.00. The maximum absolute atomic E-state index is 13.0. The third-order valence-electron chi connectivity index (χ3n) is 2.71. The van der Waals surface area contributed by atoms with Crippen LogP contribution in [0.4, 0.5) is 18.9 Å². The molecule has 0 aliphatic heterocycles. The number of carbonyl (C=O) groups excluding carboxylic acids is 2. The Morgan fingerprint density at radius 1 is 1.26 bits per heavy atom. The Morgan fingerprint density at radius 2 is 1.83 bits per heavy atom. The van der Waals surface area contributed by atoms with Crippen molar-refractivity contribution < 1.29 is 32.6 Å². The first-order valence-electron chi connectivity index (χ1n) is 5.72. The minimum Gasteiger partial charge on any atom is -0.467 e. The topological polar surface area (TPSA) is 75.6 Å². The standard InChI is InChI=1S/C12H9Cl3F3NO4/c1-23-10(21)11(22,12(16,17)18)8(15)9(20)19-5-2-3-6(13)7(14)4-5/h2-4,8,22H,1H3,(H,19,20). The lowest BCUT2D eigenvalue weighted by Crippen LogP contribution is -2.62. The number of alkyl halides is 4. The van der Waals surface area contributed by atoms with Gasteiger partial charge in [0.2, 0.25) is 5.91 Å². The lowest BCUT2D eigenvalue weighted by molar-refractivity contribution is -0.260. The molecule has 0 aromatic heterocycles. The maximum atomic E-state index is 13.0. The largest absolute Gasteiger partial charge is 0.467 e. The Morgan fingerprint density at radius 3 is 2.26 bits per heavy atom. The van der Waals surface area contributed by atoms with Gasteiger partial charge >= 0.3 is 12.1 Å². The van der Waals surface area contributed by atoms with E-state index in [-0.39, 0.29) is 15.7 Å². The van der Waals surface area contributed by atoms with Gasteiger partial charge in [-0.25, -0.2) is 4.79 Å². The van der Waals surface area contributed by atoms with Gasteiger partial charge in [0.05, 0.1) is 17.2 Å². The third-order valence-corrected chi connectivity index (χ3v) is 3.97. The highest BCUT2D eigenvalue weighted by Crippen LogP contribution is 2.37. The average Bonchev–Trinajstić information content (AvgIpc) is 2.47. The van der Waals surface area contributed by atoms with Gasteiger partial charge in [-0.1, -0.05) is 23.2 Å². The molecule has 1 rings (SSSR count). The fraction of sp³-hybridized carbons (Fsp3) is 0.333. The van der Waals surface area contributed by atoms with E-state index in [0.717, 1.165) is 6.07 Å². The zero-order valence-corrected chi connectivity index (χ0v) is 13.5. The number of hydrogen-bond acceptors (Lipinski definition) is 4. The van der Waals surface area contributed by atoms with E-state index in [4.69, 9.17) is 34.8 Å². The smallest absolute Gasteiger partial charge is 0.430 e. The molecule has 23 heavy (non-hydrogen) atoms. The molecule has 2 atom stereocenters. The summed E-state index contributed by atoms with van der Waals surface area (Å²) in [7, 11) is 0.611. The van der Waals surface area contributed by atoms with Crippen molar-refractivity contribution in [2.45, 2.75) is 17.2 Å². The predicted molar refractivity (Wildman–Crippen MR) is 77.8 cm³/mol. The highest BCUT2D eigenvalue weighted by atomic mass is 35.5. The second kappa shape index (κ2) is 7.12. The highest BCUT2D eigenvalue weighted by Gasteiger charge is 2.67. The molecule has 0 saturated carbocycles. The number of nitrogens with one attached hydrogen (secondary N) is 1. The van der Waals surface area contributed by atoms with Crippen LogP contribution in [0.2, 0.25) is 10.0 Å². The number of esters is 1. The maximum Gasteiger partial charge on any atom is 0.430 e. The molecule has 5 nitrogen and oxygen atoms in total. The van der Waals surface area contributed by atoms with Crippen molar-refractivity contribution in [2.24, 2.45) is 0 Å². The highest BCUT2D eigenvalue weighted by molar-refractivity contribution is 6.42. The van der Waals surface area contributed by atoms with E-state index >= 15 is 0 Å². The molecule has 1 aromatic carbocycles. The number of methoxy groups -OCH3 is 1. The average molecular weight is 395 g/mol. The summed E-state index contributed by atoms with van der Waals surface area (Å²) in [5.41, 5.74) is -4.26. The van der Waals surface area contributed by atoms with Crippen LogP contribution < -0.4 is 5.32 Å². The van der Waals surface area contributed by atoms with Crippen LogP contribution in [-0.2, 0) is 14.3 Å². The number of amides is 1. The molecule has 1 amide bonds. The van der Waals surface area contributed by atoms with E-state index in [0.29, 0.717) is 7.11 Å². The first-order valence-corrected chi connectivity index (χ1v) is 6.92. The Hall–Kier alpha value is -1.22. The van der Waals surface area contributed by atoms with Gasteiger partial charge in [-0.3, -0.25) is 4.79 Å². The molecular formula is C12H9Cl3F3NO4. The second-order valence-electron chi connectivity index (χ2n) is 4.24. The summed E-state index contributed by atoms with van der Waals surface area (Å²) in [6, 6.07) is 3.66. The second-order valence-corrected chi connectivity index (χ2v) is 5.49. The zero-order chi connectivity index (χ0) is 18.0. The van der Waals surface area contributed by atoms with Gasteiger partial charge in [0, 0.05) is 5.69 Å². The normalized spacial score (nSPS) is 15.5. The van der Waals surface area contributed by atoms with Gasteiger partial charge in [0.25, 0.3) is 5.60 Å². The van der Waals surface area contributed by atoms with Crippen molar-refractivity contribution >= 4 is 52.4 Å². The number of hydrogen-bond donors (Lipinski definition) is 2. The Balaban J connectivity index is 3.09. The van der Waals surface area contributed by atoms with E-state index in [2.05, 4.69) is 4.74 Å². The van der Waals surface area contributed by atoms with Crippen LogP contribution in [0.1, 0.15) is 0 Å².